The number of aromatic nitrogens is 2. The number of carbonyl (C=O) groups is 2. The fourth-order valence-electron chi connectivity index (χ4n) is 4.37. The van der Waals surface area contributed by atoms with Crippen molar-refractivity contribution in [2.75, 3.05) is 46.0 Å². The van der Waals surface area contributed by atoms with Gasteiger partial charge >= 0.3 is 0 Å². The van der Waals surface area contributed by atoms with Crippen LogP contribution in [0.5, 0.6) is 5.75 Å². The molecular weight excluding hydrogens is 444 g/mol. The van der Waals surface area contributed by atoms with E-state index in [-0.39, 0.29) is 17.2 Å². The minimum Gasteiger partial charge on any atom is -0.493 e. The van der Waals surface area contributed by atoms with Crippen LogP contribution in [0.25, 0.3) is 0 Å². The number of nitrogens with zero attached hydrogens (tertiary/aromatic N) is 4. The Morgan fingerprint density at radius 2 is 1.91 bits per heavy atom. The van der Waals surface area contributed by atoms with Gasteiger partial charge in [0.15, 0.2) is 0 Å². The van der Waals surface area contributed by atoms with Gasteiger partial charge in [-0.15, -0.1) is 0 Å². The zero-order valence-corrected chi connectivity index (χ0v) is 19.6. The molecule has 2 amide bonds. The van der Waals surface area contributed by atoms with Gasteiger partial charge in [-0.2, -0.15) is 0 Å². The summed E-state index contributed by atoms with van der Waals surface area (Å²) in [5.41, 5.74) is 0.819. The van der Waals surface area contributed by atoms with Crippen molar-refractivity contribution in [3.05, 3.63) is 53.1 Å². The smallest absolute Gasteiger partial charge is 0.257 e. The molecule has 0 radical (unpaired) electrons. The lowest BCUT2D eigenvalue weighted by Crippen LogP contribution is -2.49. The second-order valence-corrected chi connectivity index (χ2v) is 9.17. The van der Waals surface area contributed by atoms with Crippen molar-refractivity contribution < 1.29 is 19.1 Å². The van der Waals surface area contributed by atoms with Crippen LogP contribution in [0, 0.1) is 12.3 Å². The Morgan fingerprint density at radius 1 is 1.15 bits per heavy atom. The van der Waals surface area contributed by atoms with Gasteiger partial charge in [-0.25, -0.2) is 9.97 Å². The second-order valence-electron chi connectivity index (χ2n) is 8.73. The quantitative estimate of drug-likeness (QED) is 0.642. The number of aryl methyl sites for hydroxylation is 1. The molecule has 2 saturated heterocycles. The summed E-state index contributed by atoms with van der Waals surface area (Å²) < 4.78 is 11.5. The summed E-state index contributed by atoms with van der Waals surface area (Å²) in [4.78, 5) is 38.0. The first-order valence-electron chi connectivity index (χ1n) is 11.3. The molecule has 2 aliphatic heterocycles. The summed E-state index contributed by atoms with van der Waals surface area (Å²) >= 11 is 6.10. The summed E-state index contributed by atoms with van der Waals surface area (Å²) in [5.74, 6) is 0.716. The Labute approximate surface area is 198 Å². The number of carbonyl (C=O) groups excluding carboxylic acids is 2. The molecule has 3 heterocycles. The Morgan fingerprint density at radius 3 is 2.61 bits per heavy atom. The van der Waals surface area contributed by atoms with E-state index in [0.717, 1.165) is 0 Å². The topological polar surface area (TPSA) is 84.9 Å². The predicted octanol–water partition coefficient (Wildman–Crippen LogP) is 2.99. The third-order valence-electron chi connectivity index (χ3n) is 6.48. The van der Waals surface area contributed by atoms with E-state index in [1.54, 1.807) is 18.3 Å². The number of likely N-dealkylation sites (tertiary alicyclic amines) is 1. The van der Waals surface area contributed by atoms with Gasteiger partial charge in [-0.3, -0.25) is 9.59 Å². The standard InChI is InChI=1S/C24H29ClN4O4/c1-18-21(15-26-17-27-18)23(31)29-7-5-24(6-8-29,14-22(30)28-9-11-32-12-10-28)16-33-20-4-2-3-19(25)13-20/h2-4,13,15,17H,5-12,14,16H2,1H3. The number of hydrogen-bond acceptors (Lipinski definition) is 6. The number of benzene rings is 1. The minimum atomic E-state index is -0.364. The van der Waals surface area contributed by atoms with E-state index in [1.807, 2.05) is 28.9 Å². The average Bonchev–Trinajstić information content (AvgIpc) is 2.84. The SMILES string of the molecule is Cc1ncncc1C(=O)N1CCC(COc2cccc(Cl)c2)(CC(=O)N2CCOCC2)CC1. The summed E-state index contributed by atoms with van der Waals surface area (Å²) in [5, 5.41) is 0.604. The molecule has 0 spiro atoms. The van der Waals surface area contributed by atoms with Crippen LogP contribution < -0.4 is 4.74 Å². The number of hydrogen-bond donors (Lipinski definition) is 0. The zero-order chi connectivity index (χ0) is 23.3. The molecule has 4 rings (SSSR count). The second kappa shape index (κ2) is 10.5. The molecular formula is C24H29ClN4O4. The molecule has 8 nitrogen and oxygen atoms in total. The largest absolute Gasteiger partial charge is 0.493 e. The molecule has 0 aliphatic carbocycles. The molecule has 9 heteroatoms. The van der Waals surface area contributed by atoms with Crippen molar-refractivity contribution in [2.45, 2.75) is 26.2 Å². The Kier molecular flexibility index (Phi) is 7.45. The molecule has 2 aliphatic rings. The number of morpholine rings is 1. The number of amides is 2. The average molecular weight is 473 g/mol. The molecule has 0 saturated carbocycles. The molecule has 0 unspecified atom stereocenters. The highest BCUT2D eigenvalue weighted by atomic mass is 35.5. The van der Waals surface area contributed by atoms with Crippen LogP contribution in [0.2, 0.25) is 5.02 Å². The maximum atomic E-state index is 13.1. The van der Waals surface area contributed by atoms with Crippen LogP contribution in [-0.4, -0.2) is 77.6 Å². The molecule has 2 fully saturated rings. The van der Waals surface area contributed by atoms with Crippen LogP contribution in [0.3, 0.4) is 0 Å². The van der Waals surface area contributed by atoms with E-state index in [0.29, 0.717) is 87.3 Å². The predicted molar refractivity (Wildman–Crippen MR) is 123 cm³/mol. The van der Waals surface area contributed by atoms with Gasteiger partial charge in [0, 0.05) is 49.2 Å². The highest BCUT2D eigenvalue weighted by Gasteiger charge is 2.40. The van der Waals surface area contributed by atoms with Crippen molar-refractivity contribution in [2.24, 2.45) is 5.41 Å². The van der Waals surface area contributed by atoms with E-state index in [1.165, 1.54) is 6.33 Å². The number of halogens is 1. The van der Waals surface area contributed by atoms with E-state index >= 15 is 0 Å². The van der Waals surface area contributed by atoms with Crippen molar-refractivity contribution >= 4 is 23.4 Å². The van der Waals surface area contributed by atoms with Crippen LogP contribution in [0.15, 0.2) is 36.8 Å². The van der Waals surface area contributed by atoms with Gasteiger partial charge in [0.25, 0.3) is 5.91 Å². The van der Waals surface area contributed by atoms with Gasteiger partial charge in [0.1, 0.15) is 12.1 Å². The Hall–Kier alpha value is -2.71. The van der Waals surface area contributed by atoms with E-state index in [9.17, 15) is 9.59 Å². The van der Waals surface area contributed by atoms with Crippen molar-refractivity contribution in [3.8, 4) is 5.75 Å². The van der Waals surface area contributed by atoms with Crippen molar-refractivity contribution in [3.63, 3.8) is 0 Å². The van der Waals surface area contributed by atoms with E-state index in [2.05, 4.69) is 9.97 Å². The molecule has 0 atom stereocenters. The summed E-state index contributed by atoms with van der Waals surface area (Å²) in [7, 11) is 0. The van der Waals surface area contributed by atoms with E-state index in [4.69, 9.17) is 21.1 Å². The minimum absolute atomic E-state index is 0.0723. The summed E-state index contributed by atoms with van der Waals surface area (Å²) in [6.07, 6.45) is 4.72. The van der Waals surface area contributed by atoms with Gasteiger partial charge in [0.2, 0.25) is 5.91 Å². The van der Waals surface area contributed by atoms with Crippen LogP contribution in [0.1, 0.15) is 35.3 Å². The first kappa shape index (κ1) is 23.4. The van der Waals surface area contributed by atoms with Gasteiger partial charge < -0.3 is 19.3 Å². The normalized spacial score (nSPS) is 18.1. The first-order chi connectivity index (χ1) is 16.0. The lowest BCUT2D eigenvalue weighted by molar-refractivity contribution is -0.139. The van der Waals surface area contributed by atoms with Crippen LogP contribution in [0.4, 0.5) is 0 Å². The lowest BCUT2D eigenvalue weighted by atomic mass is 9.75. The Balaban J connectivity index is 1.46. The fraction of sp³-hybridized carbons (Fsp3) is 0.500. The van der Waals surface area contributed by atoms with E-state index < -0.39 is 0 Å². The monoisotopic (exact) mass is 472 g/mol. The summed E-state index contributed by atoms with van der Waals surface area (Å²) in [6, 6.07) is 7.27. The number of ether oxygens (including phenoxy) is 2. The third kappa shape index (κ3) is 5.81. The Bertz CT molecular complexity index is 988. The molecule has 0 bridgehead atoms. The number of piperidine rings is 1. The maximum Gasteiger partial charge on any atom is 0.257 e. The van der Waals surface area contributed by atoms with Crippen molar-refractivity contribution in [1.29, 1.82) is 0 Å². The van der Waals surface area contributed by atoms with Crippen LogP contribution in [-0.2, 0) is 9.53 Å². The highest BCUT2D eigenvalue weighted by molar-refractivity contribution is 6.30. The third-order valence-corrected chi connectivity index (χ3v) is 6.72. The highest BCUT2D eigenvalue weighted by Crippen LogP contribution is 2.37. The molecule has 1 aromatic carbocycles. The fourth-order valence-corrected chi connectivity index (χ4v) is 4.55. The van der Waals surface area contributed by atoms with Crippen LogP contribution >= 0.6 is 11.6 Å². The summed E-state index contributed by atoms with van der Waals surface area (Å²) in [6.45, 7) is 5.65. The number of rotatable bonds is 6. The van der Waals surface area contributed by atoms with Gasteiger partial charge in [-0.05, 0) is 38.0 Å². The zero-order valence-electron chi connectivity index (χ0n) is 18.8. The van der Waals surface area contributed by atoms with Gasteiger partial charge in [-0.1, -0.05) is 17.7 Å². The molecule has 0 N–H and O–H groups in total. The molecule has 33 heavy (non-hydrogen) atoms. The molecule has 2 aromatic rings. The molecule has 176 valence electrons. The van der Waals surface area contributed by atoms with Crippen molar-refractivity contribution in [1.82, 2.24) is 19.8 Å². The first-order valence-corrected chi connectivity index (χ1v) is 11.6. The maximum absolute atomic E-state index is 13.1. The lowest BCUT2D eigenvalue weighted by Gasteiger charge is -2.42. The van der Waals surface area contributed by atoms with Gasteiger partial charge in [0.05, 0.1) is 31.1 Å². The molecule has 1 aromatic heterocycles.